The molecular formula is C12H16N4O2. The van der Waals surface area contributed by atoms with Crippen molar-refractivity contribution in [2.75, 3.05) is 6.54 Å². The number of carbonyl (C=O) groups is 2. The van der Waals surface area contributed by atoms with E-state index in [0.717, 1.165) is 18.4 Å². The second kappa shape index (κ2) is 4.12. The van der Waals surface area contributed by atoms with Crippen LogP contribution in [0, 0.1) is 5.92 Å². The topological polar surface area (TPSA) is 67.2 Å². The first kappa shape index (κ1) is 11.3. The van der Waals surface area contributed by atoms with Crippen molar-refractivity contribution in [3.8, 4) is 0 Å². The summed E-state index contributed by atoms with van der Waals surface area (Å²) < 4.78 is 1.70. The summed E-state index contributed by atoms with van der Waals surface area (Å²) in [6.07, 6.45) is 5.67. The van der Waals surface area contributed by atoms with Crippen LogP contribution in [0.25, 0.3) is 0 Å². The van der Waals surface area contributed by atoms with E-state index in [1.54, 1.807) is 15.8 Å². The molecule has 18 heavy (non-hydrogen) atoms. The summed E-state index contributed by atoms with van der Waals surface area (Å²) in [7, 11) is 1.83. The van der Waals surface area contributed by atoms with E-state index < -0.39 is 0 Å². The average molecular weight is 248 g/mol. The number of rotatable bonds is 3. The fourth-order valence-electron chi connectivity index (χ4n) is 2.39. The van der Waals surface area contributed by atoms with Gasteiger partial charge in [0.25, 0.3) is 0 Å². The zero-order chi connectivity index (χ0) is 12.7. The molecule has 1 saturated heterocycles. The molecular weight excluding hydrogens is 232 g/mol. The van der Waals surface area contributed by atoms with Gasteiger partial charge < -0.3 is 10.2 Å². The minimum Gasteiger partial charge on any atom is -0.342 e. The van der Waals surface area contributed by atoms with Crippen LogP contribution in [-0.4, -0.2) is 39.1 Å². The van der Waals surface area contributed by atoms with E-state index >= 15 is 0 Å². The third-order valence-corrected chi connectivity index (χ3v) is 3.45. The summed E-state index contributed by atoms with van der Waals surface area (Å²) in [6.45, 7) is 0.611. The Morgan fingerprint density at radius 3 is 2.83 bits per heavy atom. The van der Waals surface area contributed by atoms with E-state index in [4.69, 9.17) is 0 Å². The van der Waals surface area contributed by atoms with Crippen molar-refractivity contribution in [2.24, 2.45) is 13.0 Å². The first-order valence-corrected chi connectivity index (χ1v) is 6.19. The summed E-state index contributed by atoms with van der Waals surface area (Å²) >= 11 is 0. The molecule has 2 fully saturated rings. The number of nitrogens with zero attached hydrogens (tertiary/aromatic N) is 3. The fraction of sp³-hybridized carbons (Fsp3) is 0.583. The minimum absolute atomic E-state index is 0.0425. The van der Waals surface area contributed by atoms with Gasteiger partial charge in [-0.15, -0.1) is 0 Å². The maximum atomic E-state index is 12.2. The Kier molecular flexibility index (Phi) is 2.57. The lowest BCUT2D eigenvalue weighted by molar-refractivity contribution is -0.145. The Labute approximate surface area is 105 Å². The molecule has 1 unspecified atom stereocenters. The zero-order valence-electron chi connectivity index (χ0n) is 10.3. The van der Waals surface area contributed by atoms with Crippen molar-refractivity contribution in [2.45, 2.75) is 25.4 Å². The number of carbonyl (C=O) groups excluding carboxylic acids is 2. The smallest absolute Gasteiger partial charge is 0.246 e. The first-order valence-electron chi connectivity index (χ1n) is 6.19. The molecule has 96 valence electrons. The Bertz CT molecular complexity index is 492. The number of aryl methyl sites for hydroxylation is 1. The first-order chi connectivity index (χ1) is 8.63. The lowest BCUT2D eigenvalue weighted by Crippen LogP contribution is -2.58. The Balaban J connectivity index is 1.73. The van der Waals surface area contributed by atoms with Gasteiger partial charge in [0, 0.05) is 25.4 Å². The molecule has 1 aromatic rings. The molecule has 1 aliphatic heterocycles. The number of hydrogen-bond donors (Lipinski definition) is 1. The highest BCUT2D eigenvalue weighted by Gasteiger charge is 2.42. The van der Waals surface area contributed by atoms with Crippen molar-refractivity contribution >= 4 is 11.8 Å². The second-order valence-corrected chi connectivity index (χ2v) is 5.10. The molecule has 0 spiro atoms. The number of nitrogens with one attached hydrogen (secondary N) is 1. The summed E-state index contributed by atoms with van der Waals surface area (Å²) in [4.78, 5) is 25.5. The van der Waals surface area contributed by atoms with Gasteiger partial charge in [-0.05, 0) is 18.8 Å². The van der Waals surface area contributed by atoms with Crippen molar-refractivity contribution in [3.05, 3.63) is 18.0 Å². The number of hydrogen-bond acceptors (Lipinski definition) is 3. The summed E-state index contributed by atoms with van der Waals surface area (Å²) in [5.41, 5.74) is 0.954. The van der Waals surface area contributed by atoms with E-state index in [9.17, 15) is 9.59 Å². The molecule has 2 heterocycles. The van der Waals surface area contributed by atoms with Gasteiger partial charge in [-0.2, -0.15) is 5.10 Å². The van der Waals surface area contributed by atoms with Gasteiger partial charge in [-0.1, -0.05) is 0 Å². The van der Waals surface area contributed by atoms with Crippen molar-refractivity contribution in [1.29, 1.82) is 0 Å². The molecule has 2 amide bonds. The lowest BCUT2D eigenvalue weighted by atomic mass is 10.1. The van der Waals surface area contributed by atoms with Gasteiger partial charge in [0.1, 0.15) is 6.04 Å². The molecule has 0 aromatic carbocycles. The van der Waals surface area contributed by atoms with Gasteiger partial charge in [0.2, 0.25) is 11.8 Å². The highest BCUT2D eigenvalue weighted by molar-refractivity contribution is 5.95. The van der Waals surface area contributed by atoms with Crippen LogP contribution in [0.4, 0.5) is 0 Å². The molecule has 1 saturated carbocycles. The predicted molar refractivity (Wildman–Crippen MR) is 63.3 cm³/mol. The maximum Gasteiger partial charge on any atom is 0.246 e. The molecule has 2 aliphatic rings. The normalized spacial score (nSPS) is 24.3. The van der Waals surface area contributed by atoms with E-state index in [0.29, 0.717) is 12.5 Å². The van der Waals surface area contributed by atoms with Crippen LogP contribution in [-0.2, 0) is 23.2 Å². The number of piperazine rings is 1. The van der Waals surface area contributed by atoms with Crippen LogP contribution in [0.1, 0.15) is 18.4 Å². The van der Waals surface area contributed by atoms with Gasteiger partial charge in [0.05, 0.1) is 12.7 Å². The monoisotopic (exact) mass is 248 g/mol. The molecule has 1 N–H and O–H groups in total. The highest BCUT2D eigenvalue weighted by atomic mass is 16.2. The van der Waals surface area contributed by atoms with E-state index in [-0.39, 0.29) is 24.4 Å². The van der Waals surface area contributed by atoms with Crippen molar-refractivity contribution in [1.82, 2.24) is 20.0 Å². The number of amides is 2. The maximum absolute atomic E-state index is 12.2. The van der Waals surface area contributed by atoms with Crippen molar-refractivity contribution in [3.63, 3.8) is 0 Å². The van der Waals surface area contributed by atoms with Crippen LogP contribution in [0.5, 0.6) is 0 Å². The average Bonchev–Trinajstić information content (AvgIpc) is 3.08. The van der Waals surface area contributed by atoms with E-state index in [2.05, 4.69) is 10.4 Å². The minimum atomic E-state index is -0.303. The summed E-state index contributed by atoms with van der Waals surface area (Å²) in [5.74, 6) is 0.328. The molecule has 3 rings (SSSR count). The Morgan fingerprint density at radius 2 is 2.22 bits per heavy atom. The van der Waals surface area contributed by atoms with Gasteiger partial charge in [0.15, 0.2) is 0 Å². The number of aromatic nitrogens is 2. The van der Waals surface area contributed by atoms with E-state index in [1.165, 1.54) is 0 Å². The molecule has 6 nitrogen and oxygen atoms in total. The molecule has 0 radical (unpaired) electrons. The molecule has 1 aromatic heterocycles. The quantitative estimate of drug-likeness (QED) is 0.795. The lowest BCUT2D eigenvalue weighted by Gasteiger charge is -2.32. The summed E-state index contributed by atoms with van der Waals surface area (Å²) in [6, 6.07) is -0.303. The van der Waals surface area contributed by atoms with Crippen LogP contribution < -0.4 is 5.32 Å². The molecule has 1 aliphatic carbocycles. The van der Waals surface area contributed by atoms with Gasteiger partial charge in [-0.25, -0.2) is 0 Å². The molecule has 0 bridgehead atoms. The standard InChI is InChI=1S/C12H16N4O2/c1-15-5-8(4-13-15)6-16-7-10(17)14-11(12(16)18)9-2-3-9/h4-5,9,11H,2-3,6-7H2,1H3,(H,14,17). The van der Waals surface area contributed by atoms with Crippen LogP contribution >= 0.6 is 0 Å². The second-order valence-electron chi connectivity index (χ2n) is 5.10. The zero-order valence-corrected chi connectivity index (χ0v) is 10.3. The Hall–Kier alpha value is -1.85. The molecule has 6 heteroatoms. The highest BCUT2D eigenvalue weighted by Crippen LogP contribution is 2.34. The predicted octanol–water partition coefficient (Wildman–Crippen LogP) is -0.343. The molecule has 1 atom stereocenters. The van der Waals surface area contributed by atoms with Gasteiger partial charge in [-0.3, -0.25) is 14.3 Å². The largest absolute Gasteiger partial charge is 0.342 e. The van der Waals surface area contributed by atoms with Crippen molar-refractivity contribution < 1.29 is 9.59 Å². The third-order valence-electron chi connectivity index (χ3n) is 3.45. The summed E-state index contributed by atoms with van der Waals surface area (Å²) in [5, 5.41) is 6.87. The third kappa shape index (κ3) is 2.10. The fourth-order valence-corrected chi connectivity index (χ4v) is 2.39. The van der Waals surface area contributed by atoms with Crippen LogP contribution in [0.3, 0.4) is 0 Å². The van der Waals surface area contributed by atoms with Crippen LogP contribution in [0.2, 0.25) is 0 Å². The SMILES string of the molecule is Cn1cc(CN2CC(=O)NC(C3CC3)C2=O)cn1. The van der Waals surface area contributed by atoms with E-state index in [1.807, 2.05) is 13.2 Å². The van der Waals surface area contributed by atoms with Crippen LogP contribution in [0.15, 0.2) is 12.4 Å². The Morgan fingerprint density at radius 1 is 1.44 bits per heavy atom. The van der Waals surface area contributed by atoms with Gasteiger partial charge >= 0.3 is 0 Å².